The largest absolute Gasteiger partial charge is 0.378 e. The number of aliphatic imine (C=N–C) groups is 1. The van der Waals surface area contributed by atoms with Crippen LogP contribution in [0.2, 0.25) is 0 Å². The number of hydrogen-bond donors (Lipinski definition) is 2. The topological polar surface area (TPSA) is 71.7 Å². The zero-order valence-electron chi connectivity index (χ0n) is 16.1. The second kappa shape index (κ2) is 10.4. The minimum Gasteiger partial charge on any atom is -0.378 e. The van der Waals surface area contributed by atoms with Crippen molar-refractivity contribution in [1.82, 2.24) is 15.8 Å². The van der Waals surface area contributed by atoms with Crippen molar-refractivity contribution in [3.8, 4) is 0 Å². The summed E-state index contributed by atoms with van der Waals surface area (Å²) >= 11 is 0. The van der Waals surface area contributed by atoms with E-state index in [1.165, 1.54) is 0 Å². The number of halogens is 1. The molecule has 1 aliphatic carbocycles. The Morgan fingerprint density at radius 3 is 2.60 bits per heavy atom. The van der Waals surface area contributed by atoms with E-state index in [2.05, 4.69) is 48.5 Å². The van der Waals surface area contributed by atoms with E-state index in [4.69, 9.17) is 9.26 Å². The Kier molecular flexibility index (Phi) is 9.20. The first kappa shape index (κ1) is 22.2. The molecule has 1 aromatic heterocycles. The molecule has 25 heavy (non-hydrogen) atoms. The summed E-state index contributed by atoms with van der Waals surface area (Å²) in [6.45, 7) is 9.99. The third-order valence-electron chi connectivity index (χ3n) is 5.40. The maximum Gasteiger partial charge on any atom is 0.191 e. The summed E-state index contributed by atoms with van der Waals surface area (Å²) in [5, 5.41) is 10.9. The van der Waals surface area contributed by atoms with Crippen LogP contribution in [-0.4, -0.2) is 36.9 Å². The SMILES string of the molecule is CCOC1CC(NC(=NC)NCc2cc(CC)no2)C1(CC)CC.I. The number of ether oxygens (including phenoxy) is 1. The lowest BCUT2D eigenvalue weighted by Gasteiger charge is -2.55. The third-order valence-corrected chi connectivity index (χ3v) is 5.40. The van der Waals surface area contributed by atoms with Crippen molar-refractivity contribution < 1.29 is 9.26 Å². The normalized spacial score (nSPS) is 22.0. The second-order valence-electron chi connectivity index (χ2n) is 6.38. The molecule has 0 radical (unpaired) electrons. The van der Waals surface area contributed by atoms with Crippen LogP contribution in [-0.2, 0) is 17.7 Å². The number of hydrogen-bond acceptors (Lipinski definition) is 4. The van der Waals surface area contributed by atoms with Crippen LogP contribution in [0.5, 0.6) is 0 Å². The number of aromatic nitrogens is 1. The van der Waals surface area contributed by atoms with E-state index >= 15 is 0 Å². The fourth-order valence-corrected chi connectivity index (χ4v) is 3.72. The molecular formula is C18H33IN4O2. The van der Waals surface area contributed by atoms with Crippen molar-refractivity contribution in [3.63, 3.8) is 0 Å². The van der Waals surface area contributed by atoms with Crippen molar-refractivity contribution >= 4 is 29.9 Å². The molecule has 7 heteroatoms. The molecule has 0 saturated heterocycles. The molecule has 0 spiro atoms. The van der Waals surface area contributed by atoms with Gasteiger partial charge in [-0.05, 0) is 32.6 Å². The Morgan fingerprint density at radius 2 is 2.08 bits per heavy atom. The first-order valence-corrected chi connectivity index (χ1v) is 9.16. The molecule has 1 aromatic rings. The summed E-state index contributed by atoms with van der Waals surface area (Å²) < 4.78 is 11.3. The summed E-state index contributed by atoms with van der Waals surface area (Å²) in [5.74, 6) is 1.63. The molecule has 1 saturated carbocycles. The Bertz CT molecular complexity index is 543. The molecule has 6 nitrogen and oxygen atoms in total. The second-order valence-corrected chi connectivity index (χ2v) is 6.38. The Morgan fingerprint density at radius 1 is 1.36 bits per heavy atom. The van der Waals surface area contributed by atoms with Crippen molar-refractivity contribution in [3.05, 3.63) is 17.5 Å². The summed E-state index contributed by atoms with van der Waals surface area (Å²) in [5.41, 5.74) is 1.17. The highest BCUT2D eigenvalue weighted by Crippen LogP contribution is 2.48. The van der Waals surface area contributed by atoms with Crippen molar-refractivity contribution in [2.24, 2.45) is 10.4 Å². The van der Waals surface area contributed by atoms with E-state index in [0.29, 0.717) is 18.7 Å². The van der Waals surface area contributed by atoms with Crippen molar-refractivity contribution in [1.29, 1.82) is 0 Å². The van der Waals surface area contributed by atoms with Crippen LogP contribution in [0, 0.1) is 5.41 Å². The first-order valence-electron chi connectivity index (χ1n) is 9.16. The van der Waals surface area contributed by atoms with Crippen LogP contribution in [0.3, 0.4) is 0 Å². The Balaban J connectivity index is 0.00000312. The van der Waals surface area contributed by atoms with Crippen LogP contribution in [0.1, 0.15) is 58.4 Å². The predicted molar refractivity (Wildman–Crippen MR) is 111 cm³/mol. The molecule has 2 unspecified atom stereocenters. The van der Waals surface area contributed by atoms with Gasteiger partial charge < -0.3 is 19.9 Å². The predicted octanol–water partition coefficient (Wildman–Crippen LogP) is 3.50. The molecule has 2 N–H and O–H groups in total. The molecule has 0 aromatic carbocycles. The minimum absolute atomic E-state index is 0. The zero-order chi connectivity index (χ0) is 17.6. The van der Waals surface area contributed by atoms with Gasteiger partial charge in [0.1, 0.15) is 0 Å². The molecular weight excluding hydrogens is 431 g/mol. The van der Waals surface area contributed by atoms with E-state index in [1.807, 2.05) is 6.07 Å². The lowest BCUT2D eigenvalue weighted by Crippen LogP contribution is -2.65. The number of aryl methyl sites for hydroxylation is 1. The highest BCUT2D eigenvalue weighted by Gasteiger charge is 2.53. The molecule has 0 amide bonds. The van der Waals surface area contributed by atoms with Crippen LogP contribution in [0.4, 0.5) is 0 Å². The van der Waals surface area contributed by atoms with Gasteiger partial charge in [0, 0.05) is 31.2 Å². The van der Waals surface area contributed by atoms with Gasteiger partial charge in [-0.2, -0.15) is 0 Å². The maximum absolute atomic E-state index is 5.94. The monoisotopic (exact) mass is 464 g/mol. The van der Waals surface area contributed by atoms with Crippen LogP contribution in [0.25, 0.3) is 0 Å². The van der Waals surface area contributed by atoms with Crippen molar-refractivity contribution in [2.75, 3.05) is 13.7 Å². The lowest BCUT2D eigenvalue weighted by molar-refractivity contribution is -0.133. The third kappa shape index (κ3) is 4.87. The minimum atomic E-state index is 0. The van der Waals surface area contributed by atoms with Gasteiger partial charge in [-0.25, -0.2) is 0 Å². The highest BCUT2D eigenvalue weighted by atomic mass is 127. The van der Waals surface area contributed by atoms with Crippen LogP contribution < -0.4 is 10.6 Å². The summed E-state index contributed by atoms with van der Waals surface area (Å²) in [7, 11) is 1.80. The Labute approximate surface area is 168 Å². The Hall–Kier alpha value is -0.830. The first-order chi connectivity index (χ1) is 11.6. The van der Waals surface area contributed by atoms with Crippen molar-refractivity contribution in [2.45, 2.75) is 72.1 Å². The van der Waals surface area contributed by atoms with Gasteiger partial charge in [0.2, 0.25) is 0 Å². The number of nitrogens with zero attached hydrogens (tertiary/aromatic N) is 2. The van der Waals surface area contributed by atoms with Gasteiger partial charge in [0.25, 0.3) is 0 Å². The van der Waals surface area contributed by atoms with E-state index in [1.54, 1.807) is 7.05 Å². The number of nitrogens with one attached hydrogen (secondary N) is 2. The van der Waals surface area contributed by atoms with E-state index in [0.717, 1.165) is 49.7 Å². The van der Waals surface area contributed by atoms with Gasteiger partial charge in [-0.3, -0.25) is 4.99 Å². The van der Waals surface area contributed by atoms with Gasteiger partial charge in [0.05, 0.1) is 18.3 Å². The lowest BCUT2D eigenvalue weighted by atomic mass is 9.58. The molecule has 2 rings (SSSR count). The summed E-state index contributed by atoms with van der Waals surface area (Å²) in [6, 6.07) is 2.37. The molecule has 1 fully saturated rings. The average molecular weight is 464 g/mol. The van der Waals surface area contributed by atoms with E-state index in [-0.39, 0.29) is 29.4 Å². The summed E-state index contributed by atoms with van der Waals surface area (Å²) in [6.07, 6.45) is 4.45. The van der Waals surface area contributed by atoms with Gasteiger partial charge >= 0.3 is 0 Å². The van der Waals surface area contributed by atoms with E-state index in [9.17, 15) is 0 Å². The summed E-state index contributed by atoms with van der Waals surface area (Å²) in [4.78, 5) is 4.35. The molecule has 0 bridgehead atoms. The average Bonchev–Trinajstić information content (AvgIpc) is 3.06. The van der Waals surface area contributed by atoms with Crippen LogP contribution >= 0.6 is 24.0 Å². The standard InChI is InChI=1S/C18H32N4O2.HI/c1-6-13-10-14(24-22-13)12-20-17(19-5)21-15-11-16(23-9-4)18(15,7-2)8-3;/h10,15-16H,6-9,11-12H2,1-5H3,(H2,19,20,21);1H. The van der Waals surface area contributed by atoms with Crippen LogP contribution in [0.15, 0.2) is 15.6 Å². The van der Waals surface area contributed by atoms with Gasteiger partial charge in [-0.15, -0.1) is 24.0 Å². The molecule has 0 aliphatic heterocycles. The molecule has 144 valence electrons. The fraction of sp³-hybridized carbons (Fsp3) is 0.778. The van der Waals surface area contributed by atoms with Gasteiger partial charge in [-0.1, -0.05) is 25.9 Å². The molecule has 1 heterocycles. The molecule has 1 aliphatic rings. The smallest absolute Gasteiger partial charge is 0.191 e. The van der Waals surface area contributed by atoms with Gasteiger partial charge in [0.15, 0.2) is 11.7 Å². The highest BCUT2D eigenvalue weighted by molar-refractivity contribution is 14.0. The fourth-order valence-electron chi connectivity index (χ4n) is 3.72. The zero-order valence-corrected chi connectivity index (χ0v) is 18.4. The maximum atomic E-state index is 5.94. The number of guanidine groups is 1. The molecule has 2 atom stereocenters. The van der Waals surface area contributed by atoms with E-state index < -0.39 is 0 Å². The number of rotatable bonds is 8. The quantitative estimate of drug-likeness (QED) is 0.350.